The van der Waals surface area contributed by atoms with Crippen LogP contribution in [0.25, 0.3) is 0 Å². The highest BCUT2D eigenvalue weighted by Gasteiger charge is 2.06. The molecule has 2 N–H and O–H groups in total. The van der Waals surface area contributed by atoms with Crippen molar-refractivity contribution in [3.8, 4) is 0 Å². The SMILES string of the molecule is Cc1cc(Cn2cccn2)oc1CN. The van der Waals surface area contributed by atoms with Gasteiger partial charge in [-0.15, -0.1) is 0 Å². The maximum atomic E-state index is 5.55. The van der Waals surface area contributed by atoms with Gasteiger partial charge in [0, 0.05) is 12.4 Å². The smallest absolute Gasteiger partial charge is 0.126 e. The van der Waals surface area contributed by atoms with E-state index in [1.54, 1.807) is 6.20 Å². The van der Waals surface area contributed by atoms with Crippen LogP contribution in [0, 0.1) is 6.92 Å². The second kappa shape index (κ2) is 3.67. The zero-order valence-corrected chi connectivity index (χ0v) is 8.10. The molecule has 2 aromatic rings. The van der Waals surface area contributed by atoms with Crippen molar-refractivity contribution in [3.05, 3.63) is 41.6 Å². The van der Waals surface area contributed by atoms with Crippen LogP contribution in [-0.2, 0) is 13.1 Å². The Labute approximate surface area is 82.3 Å². The lowest BCUT2D eigenvalue weighted by atomic mass is 10.2. The molecular weight excluding hydrogens is 178 g/mol. The Kier molecular flexibility index (Phi) is 2.37. The Bertz CT molecular complexity index is 403. The topological polar surface area (TPSA) is 57.0 Å². The fraction of sp³-hybridized carbons (Fsp3) is 0.300. The van der Waals surface area contributed by atoms with Crippen molar-refractivity contribution in [1.29, 1.82) is 0 Å². The lowest BCUT2D eigenvalue weighted by molar-refractivity contribution is 0.444. The van der Waals surface area contributed by atoms with Gasteiger partial charge in [-0.3, -0.25) is 4.68 Å². The fourth-order valence-corrected chi connectivity index (χ4v) is 1.42. The number of aryl methyl sites for hydroxylation is 1. The van der Waals surface area contributed by atoms with Gasteiger partial charge in [0.1, 0.15) is 11.5 Å². The van der Waals surface area contributed by atoms with E-state index in [0.717, 1.165) is 17.1 Å². The number of nitrogens with zero attached hydrogens (tertiary/aromatic N) is 2. The van der Waals surface area contributed by atoms with Crippen LogP contribution in [0.1, 0.15) is 17.1 Å². The first-order chi connectivity index (χ1) is 6.79. The van der Waals surface area contributed by atoms with Gasteiger partial charge in [0.05, 0.1) is 13.1 Å². The van der Waals surface area contributed by atoms with E-state index in [4.69, 9.17) is 10.2 Å². The van der Waals surface area contributed by atoms with E-state index in [1.807, 2.05) is 29.9 Å². The molecule has 0 aliphatic heterocycles. The molecule has 2 aromatic heterocycles. The standard InChI is InChI=1S/C10H13N3O/c1-8-5-9(14-10(8)6-11)7-13-4-2-3-12-13/h2-5H,6-7,11H2,1H3. The molecule has 0 unspecified atom stereocenters. The summed E-state index contributed by atoms with van der Waals surface area (Å²) in [5.41, 5.74) is 6.63. The summed E-state index contributed by atoms with van der Waals surface area (Å²) in [5.74, 6) is 1.75. The summed E-state index contributed by atoms with van der Waals surface area (Å²) >= 11 is 0. The molecule has 2 rings (SSSR count). The summed E-state index contributed by atoms with van der Waals surface area (Å²) in [6.07, 6.45) is 3.65. The van der Waals surface area contributed by atoms with Crippen molar-refractivity contribution in [2.24, 2.45) is 5.73 Å². The predicted molar refractivity (Wildman–Crippen MR) is 52.7 cm³/mol. The van der Waals surface area contributed by atoms with E-state index in [1.165, 1.54) is 0 Å². The third-order valence-electron chi connectivity index (χ3n) is 2.13. The number of furan rings is 1. The van der Waals surface area contributed by atoms with Crippen LogP contribution < -0.4 is 5.73 Å². The van der Waals surface area contributed by atoms with E-state index in [-0.39, 0.29) is 0 Å². The van der Waals surface area contributed by atoms with Crippen LogP contribution in [0.15, 0.2) is 28.9 Å². The van der Waals surface area contributed by atoms with Crippen LogP contribution in [0.2, 0.25) is 0 Å². The molecule has 0 amide bonds. The van der Waals surface area contributed by atoms with Crippen molar-refractivity contribution in [2.45, 2.75) is 20.0 Å². The first-order valence-electron chi connectivity index (χ1n) is 4.55. The summed E-state index contributed by atoms with van der Waals surface area (Å²) in [7, 11) is 0. The minimum Gasteiger partial charge on any atom is -0.462 e. The van der Waals surface area contributed by atoms with E-state index in [0.29, 0.717) is 13.1 Å². The Hall–Kier alpha value is -1.55. The van der Waals surface area contributed by atoms with Gasteiger partial charge in [-0.25, -0.2) is 0 Å². The monoisotopic (exact) mass is 191 g/mol. The molecule has 0 fully saturated rings. The average Bonchev–Trinajstić information content (AvgIpc) is 2.76. The third-order valence-corrected chi connectivity index (χ3v) is 2.13. The van der Waals surface area contributed by atoms with E-state index < -0.39 is 0 Å². The molecule has 0 atom stereocenters. The zero-order valence-electron chi connectivity index (χ0n) is 8.10. The van der Waals surface area contributed by atoms with Crippen LogP contribution >= 0.6 is 0 Å². The second-order valence-electron chi connectivity index (χ2n) is 3.23. The van der Waals surface area contributed by atoms with Crippen molar-refractivity contribution < 1.29 is 4.42 Å². The van der Waals surface area contributed by atoms with Gasteiger partial charge in [-0.2, -0.15) is 5.10 Å². The summed E-state index contributed by atoms with van der Waals surface area (Å²) in [4.78, 5) is 0. The highest BCUT2D eigenvalue weighted by atomic mass is 16.3. The quantitative estimate of drug-likeness (QED) is 0.795. The maximum absolute atomic E-state index is 5.55. The Morgan fingerprint density at radius 3 is 3.00 bits per heavy atom. The molecule has 0 saturated heterocycles. The molecule has 0 saturated carbocycles. The molecule has 0 aromatic carbocycles. The van der Waals surface area contributed by atoms with E-state index in [9.17, 15) is 0 Å². The average molecular weight is 191 g/mol. The number of hydrogen-bond donors (Lipinski definition) is 1. The molecule has 4 heteroatoms. The molecule has 0 radical (unpaired) electrons. The van der Waals surface area contributed by atoms with Gasteiger partial charge in [-0.05, 0) is 24.6 Å². The highest BCUT2D eigenvalue weighted by Crippen LogP contribution is 2.14. The first-order valence-corrected chi connectivity index (χ1v) is 4.55. The zero-order chi connectivity index (χ0) is 9.97. The number of nitrogens with two attached hydrogens (primary N) is 1. The van der Waals surface area contributed by atoms with Gasteiger partial charge in [0.25, 0.3) is 0 Å². The Balaban J connectivity index is 2.17. The van der Waals surface area contributed by atoms with Crippen LogP contribution in [0.5, 0.6) is 0 Å². The molecule has 2 heterocycles. The molecular formula is C10H13N3O. The van der Waals surface area contributed by atoms with Crippen LogP contribution in [0.3, 0.4) is 0 Å². The summed E-state index contributed by atoms with van der Waals surface area (Å²) < 4.78 is 7.37. The summed E-state index contributed by atoms with van der Waals surface area (Å²) in [5, 5.41) is 4.10. The normalized spacial score (nSPS) is 10.7. The van der Waals surface area contributed by atoms with Crippen molar-refractivity contribution in [2.75, 3.05) is 0 Å². The van der Waals surface area contributed by atoms with Gasteiger partial charge in [0.15, 0.2) is 0 Å². The number of hydrogen-bond acceptors (Lipinski definition) is 3. The molecule has 0 spiro atoms. The fourth-order valence-electron chi connectivity index (χ4n) is 1.42. The molecule has 0 bridgehead atoms. The summed E-state index contributed by atoms with van der Waals surface area (Å²) in [6, 6.07) is 3.89. The lowest BCUT2D eigenvalue weighted by Crippen LogP contribution is -1.98. The van der Waals surface area contributed by atoms with Gasteiger partial charge < -0.3 is 10.2 Å². The predicted octanol–water partition coefficient (Wildman–Crippen LogP) is 1.29. The van der Waals surface area contributed by atoms with Crippen LogP contribution in [-0.4, -0.2) is 9.78 Å². The third kappa shape index (κ3) is 1.70. The molecule has 14 heavy (non-hydrogen) atoms. The Morgan fingerprint density at radius 1 is 1.57 bits per heavy atom. The number of rotatable bonds is 3. The minimum atomic E-state index is 0.449. The largest absolute Gasteiger partial charge is 0.462 e. The van der Waals surface area contributed by atoms with E-state index >= 15 is 0 Å². The second-order valence-corrected chi connectivity index (χ2v) is 3.23. The molecule has 74 valence electrons. The van der Waals surface area contributed by atoms with Gasteiger partial charge >= 0.3 is 0 Å². The van der Waals surface area contributed by atoms with Gasteiger partial charge in [0.2, 0.25) is 0 Å². The molecule has 0 aliphatic rings. The molecule has 0 aliphatic carbocycles. The minimum absolute atomic E-state index is 0.449. The van der Waals surface area contributed by atoms with Crippen molar-refractivity contribution >= 4 is 0 Å². The number of aromatic nitrogens is 2. The highest BCUT2D eigenvalue weighted by molar-refractivity contribution is 5.19. The van der Waals surface area contributed by atoms with Crippen molar-refractivity contribution in [1.82, 2.24) is 9.78 Å². The van der Waals surface area contributed by atoms with Crippen molar-refractivity contribution in [3.63, 3.8) is 0 Å². The molecule has 4 nitrogen and oxygen atoms in total. The van der Waals surface area contributed by atoms with Gasteiger partial charge in [-0.1, -0.05) is 0 Å². The van der Waals surface area contributed by atoms with E-state index in [2.05, 4.69) is 5.10 Å². The Morgan fingerprint density at radius 2 is 2.43 bits per heavy atom. The lowest BCUT2D eigenvalue weighted by Gasteiger charge is -1.96. The maximum Gasteiger partial charge on any atom is 0.126 e. The summed E-state index contributed by atoms with van der Waals surface area (Å²) in [6.45, 7) is 3.11. The first kappa shape index (κ1) is 9.02. The van der Waals surface area contributed by atoms with Crippen LogP contribution in [0.4, 0.5) is 0 Å².